The lowest BCUT2D eigenvalue weighted by Crippen LogP contribution is -2.49. The Bertz CT molecular complexity index is 1160. The second-order valence-corrected chi connectivity index (χ2v) is 9.55. The maximum atomic E-state index is 13.9. The summed E-state index contributed by atoms with van der Waals surface area (Å²) in [7, 11) is 0. The van der Waals surface area contributed by atoms with Crippen LogP contribution in [0.1, 0.15) is 73.3 Å². The number of amides is 2. The average molecular weight is 458 g/mol. The highest BCUT2D eigenvalue weighted by Gasteiger charge is 2.39. The standard InChI is InChI=1S/C28H31N3O3/c32-24-14-11-19(12-15-24)28(34)31(23-9-3-4-10-23)26(27(33)30-22-7-1-2-8-22)21-13-16-25-20(18-21)6-5-17-29-25/h5-6,11-18,22-23,26,32H,1-4,7-10H2,(H,30,33)/t26-/m0/s1. The van der Waals surface area contributed by atoms with E-state index in [-0.39, 0.29) is 29.6 Å². The van der Waals surface area contributed by atoms with E-state index in [0.717, 1.165) is 67.8 Å². The summed E-state index contributed by atoms with van der Waals surface area (Å²) in [5.41, 5.74) is 2.14. The Morgan fingerprint density at radius 3 is 2.38 bits per heavy atom. The maximum absolute atomic E-state index is 13.9. The molecule has 0 radical (unpaired) electrons. The molecule has 2 fully saturated rings. The highest BCUT2D eigenvalue weighted by Crippen LogP contribution is 2.35. The van der Waals surface area contributed by atoms with Gasteiger partial charge in [-0.15, -0.1) is 0 Å². The minimum absolute atomic E-state index is 0.00905. The zero-order valence-electron chi connectivity index (χ0n) is 19.3. The summed E-state index contributed by atoms with van der Waals surface area (Å²) in [5, 5.41) is 13.9. The molecule has 0 bridgehead atoms. The largest absolute Gasteiger partial charge is 0.508 e. The number of pyridine rings is 1. The first kappa shape index (κ1) is 22.4. The Kier molecular flexibility index (Phi) is 6.48. The number of hydrogen-bond donors (Lipinski definition) is 2. The van der Waals surface area contributed by atoms with Gasteiger partial charge in [0, 0.05) is 29.2 Å². The Hall–Kier alpha value is -3.41. The molecule has 0 unspecified atom stereocenters. The summed E-state index contributed by atoms with van der Waals surface area (Å²) in [6.07, 6.45) is 9.81. The second-order valence-electron chi connectivity index (χ2n) is 9.55. The number of phenolic OH excluding ortho intramolecular Hbond substituents is 1. The van der Waals surface area contributed by atoms with Crippen molar-refractivity contribution in [3.63, 3.8) is 0 Å². The fourth-order valence-electron chi connectivity index (χ4n) is 5.48. The molecule has 5 rings (SSSR count). The predicted molar refractivity (Wildman–Crippen MR) is 131 cm³/mol. The van der Waals surface area contributed by atoms with Crippen LogP contribution in [-0.2, 0) is 4.79 Å². The van der Waals surface area contributed by atoms with Crippen LogP contribution in [0.25, 0.3) is 10.9 Å². The van der Waals surface area contributed by atoms with E-state index in [1.165, 1.54) is 12.1 Å². The van der Waals surface area contributed by atoms with Crippen LogP contribution in [0, 0.1) is 0 Å². The number of nitrogens with one attached hydrogen (secondary N) is 1. The van der Waals surface area contributed by atoms with Crippen molar-refractivity contribution in [3.8, 4) is 5.75 Å². The van der Waals surface area contributed by atoms with Gasteiger partial charge in [-0.3, -0.25) is 14.6 Å². The lowest BCUT2D eigenvalue weighted by molar-refractivity contribution is -0.127. The van der Waals surface area contributed by atoms with Gasteiger partial charge in [0.15, 0.2) is 0 Å². The molecule has 0 aliphatic heterocycles. The van der Waals surface area contributed by atoms with Crippen molar-refractivity contribution in [2.75, 3.05) is 0 Å². The van der Waals surface area contributed by atoms with Crippen LogP contribution >= 0.6 is 0 Å². The Balaban J connectivity index is 1.58. The summed E-state index contributed by atoms with van der Waals surface area (Å²) in [6.45, 7) is 0. The third kappa shape index (κ3) is 4.63. The van der Waals surface area contributed by atoms with E-state index in [1.54, 1.807) is 23.2 Å². The van der Waals surface area contributed by atoms with Gasteiger partial charge in [-0.05, 0) is 73.7 Å². The molecule has 6 nitrogen and oxygen atoms in total. The van der Waals surface area contributed by atoms with Crippen molar-refractivity contribution in [2.45, 2.75) is 69.5 Å². The fourth-order valence-corrected chi connectivity index (χ4v) is 5.48. The van der Waals surface area contributed by atoms with Gasteiger partial charge in [0.05, 0.1) is 5.52 Å². The zero-order valence-corrected chi connectivity index (χ0v) is 19.3. The summed E-state index contributed by atoms with van der Waals surface area (Å²) < 4.78 is 0. The maximum Gasteiger partial charge on any atom is 0.255 e. The number of phenols is 1. The number of hydrogen-bond acceptors (Lipinski definition) is 4. The quantitative estimate of drug-likeness (QED) is 0.538. The number of fused-ring (bicyclic) bond motifs is 1. The number of carbonyl (C=O) groups is 2. The van der Waals surface area contributed by atoms with Crippen molar-refractivity contribution in [2.24, 2.45) is 0 Å². The second kappa shape index (κ2) is 9.84. The SMILES string of the molecule is O=C(NC1CCCC1)[C@H](c1ccc2ncccc2c1)N(C(=O)c1ccc(O)cc1)C1CCCC1. The molecule has 2 aromatic carbocycles. The van der Waals surface area contributed by atoms with Gasteiger partial charge in [-0.25, -0.2) is 0 Å². The molecule has 2 saturated carbocycles. The lowest BCUT2D eigenvalue weighted by atomic mass is 9.97. The van der Waals surface area contributed by atoms with Gasteiger partial charge in [0.25, 0.3) is 5.91 Å². The molecule has 2 aliphatic carbocycles. The molecule has 34 heavy (non-hydrogen) atoms. The zero-order chi connectivity index (χ0) is 23.5. The number of carbonyl (C=O) groups excluding carboxylic acids is 2. The summed E-state index contributed by atoms with van der Waals surface area (Å²) in [6, 6.07) is 15.5. The van der Waals surface area contributed by atoms with Gasteiger partial charge in [-0.1, -0.05) is 37.8 Å². The predicted octanol–water partition coefficient (Wildman–Crippen LogP) is 5.13. The summed E-state index contributed by atoms with van der Waals surface area (Å²) >= 11 is 0. The van der Waals surface area contributed by atoms with Gasteiger partial charge in [0.2, 0.25) is 5.91 Å². The van der Waals surface area contributed by atoms with Crippen LogP contribution in [0.4, 0.5) is 0 Å². The van der Waals surface area contributed by atoms with Crippen LogP contribution < -0.4 is 5.32 Å². The lowest BCUT2D eigenvalue weighted by Gasteiger charge is -2.37. The fraction of sp³-hybridized carbons (Fsp3) is 0.393. The van der Waals surface area contributed by atoms with E-state index in [1.807, 2.05) is 30.3 Å². The van der Waals surface area contributed by atoms with Gasteiger partial charge in [0.1, 0.15) is 11.8 Å². The molecule has 0 spiro atoms. The first-order chi connectivity index (χ1) is 16.6. The van der Waals surface area contributed by atoms with E-state index >= 15 is 0 Å². The molecular formula is C28H31N3O3. The minimum Gasteiger partial charge on any atom is -0.508 e. The minimum atomic E-state index is -0.727. The molecule has 6 heteroatoms. The highest BCUT2D eigenvalue weighted by atomic mass is 16.3. The van der Waals surface area contributed by atoms with E-state index < -0.39 is 6.04 Å². The Morgan fingerprint density at radius 2 is 1.65 bits per heavy atom. The Morgan fingerprint density at radius 1 is 0.941 bits per heavy atom. The molecule has 0 saturated heterocycles. The molecule has 3 aromatic rings. The average Bonchev–Trinajstić information content (AvgIpc) is 3.57. The molecule has 1 aromatic heterocycles. The van der Waals surface area contributed by atoms with Crippen molar-refractivity contribution < 1.29 is 14.7 Å². The van der Waals surface area contributed by atoms with Crippen molar-refractivity contribution in [3.05, 3.63) is 71.9 Å². The van der Waals surface area contributed by atoms with Crippen LogP contribution in [-0.4, -0.2) is 38.9 Å². The van der Waals surface area contributed by atoms with E-state index in [4.69, 9.17) is 0 Å². The van der Waals surface area contributed by atoms with Crippen molar-refractivity contribution >= 4 is 22.7 Å². The third-order valence-electron chi connectivity index (χ3n) is 7.24. The molecular weight excluding hydrogens is 426 g/mol. The summed E-state index contributed by atoms with van der Waals surface area (Å²) in [4.78, 5) is 34.0. The first-order valence-corrected chi connectivity index (χ1v) is 12.4. The normalized spacial score (nSPS) is 17.6. The van der Waals surface area contributed by atoms with Crippen LogP contribution in [0.15, 0.2) is 60.8 Å². The number of aromatic hydroxyl groups is 1. The van der Waals surface area contributed by atoms with Crippen molar-refractivity contribution in [1.29, 1.82) is 0 Å². The van der Waals surface area contributed by atoms with Crippen LogP contribution in [0.5, 0.6) is 5.75 Å². The van der Waals surface area contributed by atoms with Gasteiger partial charge >= 0.3 is 0 Å². The molecule has 1 heterocycles. The topological polar surface area (TPSA) is 82.5 Å². The van der Waals surface area contributed by atoms with Crippen LogP contribution in [0.3, 0.4) is 0 Å². The van der Waals surface area contributed by atoms with Gasteiger partial charge in [-0.2, -0.15) is 0 Å². The van der Waals surface area contributed by atoms with E-state index in [0.29, 0.717) is 5.56 Å². The summed E-state index contributed by atoms with van der Waals surface area (Å²) in [5.74, 6) is -0.180. The van der Waals surface area contributed by atoms with Gasteiger partial charge < -0.3 is 15.3 Å². The number of benzene rings is 2. The number of rotatable bonds is 6. The third-order valence-corrected chi connectivity index (χ3v) is 7.24. The Labute approximate surface area is 200 Å². The van der Waals surface area contributed by atoms with E-state index in [9.17, 15) is 14.7 Å². The van der Waals surface area contributed by atoms with Crippen molar-refractivity contribution in [1.82, 2.24) is 15.2 Å². The first-order valence-electron chi connectivity index (χ1n) is 12.4. The number of aromatic nitrogens is 1. The monoisotopic (exact) mass is 457 g/mol. The molecule has 2 N–H and O–H groups in total. The highest BCUT2D eigenvalue weighted by molar-refractivity contribution is 5.98. The smallest absolute Gasteiger partial charge is 0.255 e. The molecule has 1 atom stereocenters. The number of nitrogens with zero attached hydrogens (tertiary/aromatic N) is 2. The van der Waals surface area contributed by atoms with E-state index in [2.05, 4.69) is 10.3 Å². The molecule has 2 amide bonds. The molecule has 176 valence electrons. The molecule has 2 aliphatic rings. The van der Waals surface area contributed by atoms with Crippen LogP contribution in [0.2, 0.25) is 0 Å².